The molecule has 1 fully saturated rings. The molecule has 0 atom stereocenters. The smallest absolute Gasteiger partial charge is 0.450 e. The zero-order valence-corrected chi connectivity index (χ0v) is 16.2. The molecule has 2 heterocycles. The Bertz CT molecular complexity index is 981. The van der Waals surface area contributed by atoms with Gasteiger partial charge in [0.05, 0.1) is 30.7 Å². The number of pyridine rings is 1. The SMILES string of the molecule is CCOC(=O)Nc1cnccc1CN1CC(=O)N(c2ccc(OC(F)(F)F)cc2)C1=O. The van der Waals surface area contributed by atoms with Crippen molar-refractivity contribution in [3.63, 3.8) is 0 Å². The largest absolute Gasteiger partial charge is 0.573 e. The Hall–Kier alpha value is -3.83. The molecule has 1 aliphatic rings. The summed E-state index contributed by atoms with van der Waals surface area (Å²) in [6, 6.07) is 5.30. The fraction of sp³-hybridized carbons (Fsp3) is 0.263. The van der Waals surface area contributed by atoms with Crippen LogP contribution in [0.3, 0.4) is 0 Å². The lowest BCUT2D eigenvalue weighted by Crippen LogP contribution is -2.33. The number of carbonyl (C=O) groups excluding carboxylic acids is 3. The molecule has 0 bridgehead atoms. The molecular weight excluding hydrogens is 421 g/mol. The number of carbonyl (C=O) groups is 3. The van der Waals surface area contributed by atoms with Crippen LogP contribution in [0, 0.1) is 0 Å². The van der Waals surface area contributed by atoms with E-state index in [0.29, 0.717) is 11.3 Å². The highest BCUT2D eigenvalue weighted by Gasteiger charge is 2.37. The maximum atomic E-state index is 12.8. The maximum Gasteiger partial charge on any atom is 0.573 e. The van der Waals surface area contributed by atoms with Gasteiger partial charge in [-0.15, -0.1) is 13.2 Å². The van der Waals surface area contributed by atoms with Crippen LogP contribution in [0.25, 0.3) is 0 Å². The van der Waals surface area contributed by atoms with Crippen molar-refractivity contribution in [1.29, 1.82) is 0 Å². The van der Waals surface area contributed by atoms with Gasteiger partial charge in [-0.2, -0.15) is 0 Å². The average molecular weight is 438 g/mol. The van der Waals surface area contributed by atoms with Crippen LogP contribution in [0.1, 0.15) is 12.5 Å². The molecule has 0 radical (unpaired) electrons. The quantitative estimate of drug-likeness (QED) is 0.693. The number of nitrogens with one attached hydrogen (secondary N) is 1. The number of alkyl halides is 3. The third-order valence-corrected chi connectivity index (χ3v) is 4.15. The Kier molecular flexibility index (Phi) is 6.28. The minimum atomic E-state index is -4.85. The molecular formula is C19H17F3N4O5. The highest BCUT2D eigenvalue weighted by atomic mass is 19.4. The minimum Gasteiger partial charge on any atom is -0.450 e. The number of amides is 4. The second kappa shape index (κ2) is 8.90. The van der Waals surface area contributed by atoms with Crippen LogP contribution in [-0.4, -0.2) is 47.4 Å². The zero-order valence-electron chi connectivity index (χ0n) is 16.2. The van der Waals surface area contributed by atoms with Gasteiger partial charge in [0.2, 0.25) is 0 Å². The van der Waals surface area contributed by atoms with Gasteiger partial charge < -0.3 is 14.4 Å². The first-order valence-electron chi connectivity index (χ1n) is 9.02. The van der Waals surface area contributed by atoms with Crippen molar-refractivity contribution in [2.75, 3.05) is 23.4 Å². The molecule has 0 unspecified atom stereocenters. The Labute approximate surface area is 174 Å². The summed E-state index contributed by atoms with van der Waals surface area (Å²) >= 11 is 0. The second-order valence-electron chi connectivity index (χ2n) is 6.29. The fourth-order valence-electron chi connectivity index (χ4n) is 2.88. The predicted molar refractivity (Wildman–Crippen MR) is 101 cm³/mol. The normalized spacial score (nSPS) is 14.1. The number of rotatable bonds is 6. The molecule has 3 rings (SSSR count). The molecule has 1 aromatic heterocycles. The highest BCUT2D eigenvalue weighted by Crippen LogP contribution is 2.28. The summed E-state index contributed by atoms with van der Waals surface area (Å²) in [5.41, 5.74) is 0.930. The summed E-state index contributed by atoms with van der Waals surface area (Å²) in [5.74, 6) is -1.03. The van der Waals surface area contributed by atoms with Crippen LogP contribution in [-0.2, 0) is 16.1 Å². The Morgan fingerprint density at radius 3 is 2.55 bits per heavy atom. The van der Waals surface area contributed by atoms with Crippen LogP contribution in [0.15, 0.2) is 42.7 Å². The van der Waals surface area contributed by atoms with E-state index < -0.39 is 30.1 Å². The summed E-state index contributed by atoms with van der Waals surface area (Å²) in [6.45, 7) is 1.55. The first kappa shape index (κ1) is 21.9. The van der Waals surface area contributed by atoms with Crippen molar-refractivity contribution in [3.8, 4) is 5.75 Å². The fourth-order valence-corrected chi connectivity index (χ4v) is 2.88. The lowest BCUT2D eigenvalue weighted by molar-refractivity contribution is -0.274. The maximum absolute atomic E-state index is 12.8. The summed E-state index contributed by atoms with van der Waals surface area (Å²) in [5, 5.41) is 2.51. The van der Waals surface area contributed by atoms with Crippen molar-refractivity contribution >= 4 is 29.4 Å². The van der Waals surface area contributed by atoms with Gasteiger partial charge in [-0.25, -0.2) is 14.5 Å². The van der Waals surface area contributed by atoms with E-state index >= 15 is 0 Å². The van der Waals surface area contributed by atoms with E-state index in [4.69, 9.17) is 4.74 Å². The molecule has 1 saturated heterocycles. The van der Waals surface area contributed by atoms with Gasteiger partial charge in [0.1, 0.15) is 12.3 Å². The standard InChI is InChI=1S/C19H17F3N4O5/c1-2-30-17(28)24-15-9-23-8-7-12(15)10-25-11-16(27)26(18(25)29)13-3-5-14(6-4-13)31-19(20,21)22/h3-9H,2,10-11H2,1H3,(H,24,28). The van der Waals surface area contributed by atoms with E-state index in [2.05, 4.69) is 15.0 Å². The van der Waals surface area contributed by atoms with Gasteiger partial charge in [0.25, 0.3) is 5.91 Å². The molecule has 0 saturated carbocycles. The Balaban J connectivity index is 1.73. The number of imide groups is 1. The van der Waals surface area contributed by atoms with Crippen LogP contribution in [0.2, 0.25) is 0 Å². The van der Waals surface area contributed by atoms with Gasteiger partial charge in [-0.05, 0) is 42.8 Å². The molecule has 1 aromatic carbocycles. The van der Waals surface area contributed by atoms with Gasteiger partial charge in [-0.1, -0.05) is 0 Å². The van der Waals surface area contributed by atoms with Crippen molar-refractivity contribution in [3.05, 3.63) is 48.3 Å². The number of anilines is 2. The third kappa shape index (κ3) is 5.41. The molecule has 0 aliphatic carbocycles. The number of nitrogens with zero attached hydrogens (tertiary/aromatic N) is 3. The van der Waals surface area contributed by atoms with Crippen molar-refractivity contribution in [2.45, 2.75) is 19.8 Å². The van der Waals surface area contributed by atoms with Gasteiger partial charge >= 0.3 is 18.5 Å². The molecule has 9 nitrogen and oxygen atoms in total. The first-order valence-corrected chi connectivity index (χ1v) is 9.02. The molecule has 1 N–H and O–H groups in total. The topological polar surface area (TPSA) is 101 Å². The van der Waals surface area contributed by atoms with Crippen LogP contribution in [0.4, 0.5) is 34.1 Å². The summed E-state index contributed by atoms with van der Waals surface area (Å²) in [4.78, 5) is 42.9. The predicted octanol–water partition coefficient (Wildman–Crippen LogP) is 3.52. The lowest BCUT2D eigenvalue weighted by Gasteiger charge is -2.19. The van der Waals surface area contributed by atoms with Crippen molar-refractivity contribution in [2.24, 2.45) is 0 Å². The van der Waals surface area contributed by atoms with Crippen LogP contribution >= 0.6 is 0 Å². The number of urea groups is 1. The first-order chi connectivity index (χ1) is 14.7. The lowest BCUT2D eigenvalue weighted by atomic mass is 10.2. The molecule has 4 amide bonds. The summed E-state index contributed by atoms with van der Waals surface area (Å²) in [7, 11) is 0. The molecule has 2 aromatic rings. The van der Waals surface area contributed by atoms with Crippen molar-refractivity contribution in [1.82, 2.24) is 9.88 Å². The van der Waals surface area contributed by atoms with E-state index in [9.17, 15) is 27.6 Å². The minimum absolute atomic E-state index is 0.0133. The molecule has 31 heavy (non-hydrogen) atoms. The number of hydrogen-bond acceptors (Lipinski definition) is 6. The number of ether oxygens (including phenoxy) is 2. The average Bonchev–Trinajstić information content (AvgIpc) is 2.96. The second-order valence-corrected chi connectivity index (χ2v) is 6.29. The Morgan fingerprint density at radius 2 is 1.90 bits per heavy atom. The molecule has 0 spiro atoms. The highest BCUT2D eigenvalue weighted by molar-refractivity contribution is 6.19. The van der Waals surface area contributed by atoms with Crippen LogP contribution < -0.4 is 15.0 Å². The zero-order chi connectivity index (χ0) is 22.6. The number of halogens is 3. The van der Waals surface area contributed by atoms with E-state index in [1.807, 2.05) is 0 Å². The summed E-state index contributed by atoms with van der Waals surface area (Å²) in [6.07, 6.45) is -2.70. The molecule has 12 heteroatoms. The van der Waals surface area contributed by atoms with E-state index in [0.717, 1.165) is 17.0 Å². The van der Waals surface area contributed by atoms with E-state index in [-0.39, 0.29) is 25.4 Å². The summed E-state index contributed by atoms with van der Waals surface area (Å²) < 4.78 is 45.5. The monoisotopic (exact) mass is 438 g/mol. The number of hydrogen-bond donors (Lipinski definition) is 1. The third-order valence-electron chi connectivity index (χ3n) is 4.15. The van der Waals surface area contributed by atoms with Crippen LogP contribution in [0.5, 0.6) is 5.75 Å². The Morgan fingerprint density at radius 1 is 1.19 bits per heavy atom. The van der Waals surface area contributed by atoms with Gasteiger partial charge in [-0.3, -0.25) is 15.1 Å². The van der Waals surface area contributed by atoms with Crippen molar-refractivity contribution < 1.29 is 37.0 Å². The molecule has 164 valence electrons. The van der Waals surface area contributed by atoms with E-state index in [1.165, 1.54) is 29.4 Å². The molecule has 1 aliphatic heterocycles. The van der Waals surface area contributed by atoms with Gasteiger partial charge in [0.15, 0.2) is 0 Å². The number of aromatic nitrogens is 1. The van der Waals surface area contributed by atoms with E-state index in [1.54, 1.807) is 13.0 Å². The van der Waals surface area contributed by atoms with Gasteiger partial charge in [0, 0.05) is 6.20 Å². The number of benzene rings is 1.